The Morgan fingerprint density at radius 3 is 2.84 bits per heavy atom. The monoisotopic (exact) mass is 264 g/mol. The molecule has 0 radical (unpaired) electrons. The van der Waals surface area contributed by atoms with Crippen LogP contribution in [0.2, 0.25) is 0 Å². The maximum atomic E-state index is 10.4. The van der Waals surface area contributed by atoms with Gasteiger partial charge in [-0.15, -0.1) is 0 Å². The molecular weight excluding hydrogens is 240 g/mol. The fourth-order valence-corrected chi connectivity index (χ4v) is 2.49. The number of ether oxygens (including phenoxy) is 2. The predicted molar refractivity (Wildman–Crippen MR) is 75.5 cm³/mol. The van der Waals surface area contributed by atoms with Gasteiger partial charge in [-0.3, -0.25) is 0 Å². The Hall–Kier alpha value is -1.06. The molecule has 0 spiro atoms. The van der Waals surface area contributed by atoms with E-state index in [0.29, 0.717) is 5.92 Å². The molecule has 0 amide bonds. The third kappa shape index (κ3) is 3.48. The molecule has 0 saturated heterocycles. The van der Waals surface area contributed by atoms with Gasteiger partial charge in [0.1, 0.15) is 11.9 Å². The quantitative estimate of drug-likeness (QED) is 0.888. The lowest BCUT2D eigenvalue weighted by atomic mass is 9.87. The Morgan fingerprint density at radius 1 is 1.37 bits per heavy atom. The number of fused-ring (bicyclic) bond motifs is 1. The molecule has 1 aromatic rings. The molecule has 3 heteroatoms. The molecule has 2 rings (SSSR count). The van der Waals surface area contributed by atoms with Crippen molar-refractivity contribution in [1.29, 1.82) is 0 Å². The van der Waals surface area contributed by atoms with Crippen LogP contribution in [0.15, 0.2) is 18.2 Å². The fraction of sp³-hybridized carbons (Fsp3) is 0.625. The number of hydrogen-bond acceptors (Lipinski definition) is 3. The van der Waals surface area contributed by atoms with Crippen molar-refractivity contribution in [2.24, 2.45) is 5.92 Å². The Morgan fingerprint density at radius 2 is 2.16 bits per heavy atom. The van der Waals surface area contributed by atoms with E-state index in [1.807, 2.05) is 18.2 Å². The van der Waals surface area contributed by atoms with Gasteiger partial charge in [-0.1, -0.05) is 19.9 Å². The van der Waals surface area contributed by atoms with Crippen LogP contribution in [0.4, 0.5) is 0 Å². The second kappa shape index (κ2) is 6.40. The molecule has 2 atom stereocenters. The lowest BCUT2D eigenvalue weighted by molar-refractivity contribution is -0.0511. The van der Waals surface area contributed by atoms with Gasteiger partial charge in [0.2, 0.25) is 0 Å². The largest absolute Gasteiger partial charge is 0.497 e. The number of aliphatic hydroxyl groups is 1. The molecule has 0 saturated carbocycles. The summed E-state index contributed by atoms with van der Waals surface area (Å²) in [4.78, 5) is 0. The summed E-state index contributed by atoms with van der Waals surface area (Å²) < 4.78 is 11.1. The minimum atomic E-state index is -0.536. The van der Waals surface area contributed by atoms with E-state index in [1.54, 1.807) is 7.11 Å². The third-order valence-corrected chi connectivity index (χ3v) is 3.75. The molecule has 0 bridgehead atoms. The van der Waals surface area contributed by atoms with E-state index in [9.17, 15) is 5.11 Å². The van der Waals surface area contributed by atoms with Crippen LogP contribution in [0, 0.1) is 5.92 Å². The smallest absolute Gasteiger partial charge is 0.119 e. The molecular formula is C16H24O3. The zero-order chi connectivity index (χ0) is 13.8. The Kier molecular flexibility index (Phi) is 4.83. The maximum Gasteiger partial charge on any atom is 0.119 e. The molecule has 1 aliphatic rings. The van der Waals surface area contributed by atoms with Crippen LogP contribution in [-0.4, -0.2) is 24.9 Å². The minimum Gasteiger partial charge on any atom is -0.497 e. The van der Waals surface area contributed by atoms with E-state index in [1.165, 1.54) is 5.56 Å². The van der Waals surface area contributed by atoms with E-state index >= 15 is 0 Å². The van der Waals surface area contributed by atoms with Gasteiger partial charge in [0.15, 0.2) is 0 Å². The Labute approximate surface area is 115 Å². The van der Waals surface area contributed by atoms with E-state index < -0.39 is 6.10 Å². The van der Waals surface area contributed by atoms with Crippen molar-refractivity contribution in [3.05, 3.63) is 29.3 Å². The number of rotatable bonds is 5. The van der Waals surface area contributed by atoms with Crippen LogP contribution in [-0.2, 0) is 11.2 Å². The normalized spacial score (nSPS) is 22.4. The van der Waals surface area contributed by atoms with Gasteiger partial charge >= 0.3 is 0 Å². The van der Waals surface area contributed by atoms with Crippen molar-refractivity contribution in [1.82, 2.24) is 0 Å². The van der Waals surface area contributed by atoms with Gasteiger partial charge in [0, 0.05) is 6.61 Å². The highest BCUT2D eigenvalue weighted by atomic mass is 16.5. The number of aliphatic hydroxyl groups excluding tert-OH is 1. The molecule has 19 heavy (non-hydrogen) atoms. The highest BCUT2D eigenvalue weighted by Gasteiger charge is 2.28. The SMILES string of the molecule is COc1ccc2c(c1)C(O)C(OCCC(C)C)CC2. The van der Waals surface area contributed by atoms with Crippen LogP contribution in [0.3, 0.4) is 0 Å². The lowest BCUT2D eigenvalue weighted by Crippen LogP contribution is -2.28. The molecule has 0 aromatic heterocycles. The highest BCUT2D eigenvalue weighted by molar-refractivity contribution is 5.39. The van der Waals surface area contributed by atoms with Crippen molar-refractivity contribution in [2.75, 3.05) is 13.7 Å². The van der Waals surface area contributed by atoms with Crippen molar-refractivity contribution in [3.8, 4) is 5.75 Å². The van der Waals surface area contributed by atoms with Crippen molar-refractivity contribution < 1.29 is 14.6 Å². The number of hydrogen-bond donors (Lipinski definition) is 1. The van der Waals surface area contributed by atoms with Gasteiger partial charge in [0.05, 0.1) is 13.2 Å². The standard InChI is InChI=1S/C16H24O3/c1-11(2)8-9-19-15-7-5-12-4-6-13(18-3)10-14(12)16(15)17/h4,6,10-11,15-17H,5,7-9H2,1-3H3. The van der Waals surface area contributed by atoms with Crippen LogP contribution in [0.25, 0.3) is 0 Å². The summed E-state index contributed by atoms with van der Waals surface area (Å²) in [5, 5.41) is 10.4. The molecule has 0 fully saturated rings. The predicted octanol–water partition coefficient (Wildman–Crippen LogP) is 3.11. The first-order valence-electron chi connectivity index (χ1n) is 7.08. The van der Waals surface area contributed by atoms with Crippen LogP contribution >= 0.6 is 0 Å². The zero-order valence-corrected chi connectivity index (χ0v) is 12.1. The molecule has 1 aromatic carbocycles. The van der Waals surface area contributed by atoms with E-state index in [4.69, 9.17) is 9.47 Å². The van der Waals surface area contributed by atoms with Gasteiger partial charge in [-0.2, -0.15) is 0 Å². The van der Waals surface area contributed by atoms with E-state index in [2.05, 4.69) is 13.8 Å². The first-order chi connectivity index (χ1) is 9.11. The molecule has 2 unspecified atom stereocenters. The van der Waals surface area contributed by atoms with Crippen LogP contribution < -0.4 is 4.74 Å². The van der Waals surface area contributed by atoms with Gasteiger partial charge in [-0.05, 0) is 48.4 Å². The summed E-state index contributed by atoms with van der Waals surface area (Å²) in [6.07, 6.45) is 2.26. The summed E-state index contributed by atoms with van der Waals surface area (Å²) in [5.74, 6) is 1.42. The summed E-state index contributed by atoms with van der Waals surface area (Å²) in [7, 11) is 1.65. The maximum absolute atomic E-state index is 10.4. The third-order valence-electron chi connectivity index (χ3n) is 3.75. The second-order valence-electron chi connectivity index (χ2n) is 5.64. The summed E-state index contributed by atoms with van der Waals surface area (Å²) in [6, 6.07) is 5.92. The number of aryl methyl sites for hydroxylation is 1. The summed E-state index contributed by atoms with van der Waals surface area (Å²) >= 11 is 0. The van der Waals surface area contributed by atoms with Crippen LogP contribution in [0.5, 0.6) is 5.75 Å². The molecule has 0 heterocycles. The minimum absolute atomic E-state index is 0.0849. The van der Waals surface area contributed by atoms with Gasteiger partial charge in [-0.25, -0.2) is 0 Å². The molecule has 1 aliphatic carbocycles. The Balaban J connectivity index is 2.03. The van der Waals surface area contributed by atoms with Crippen molar-refractivity contribution in [3.63, 3.8) is 0 Å². The molecule has 3 nitrogen and oxygen atoms in total. The second-order valence-corrected chi connectivity index (χ2v) is 5.64. The fourth-order valence-electron chi connectivity index (χ4n) is 2.49. The molecule has 106 valence electrons. The van der Waals surface area contributed by atoms with Crippen molar-refractivity contribution >= 4 is 0 Å². The summed E-state index contributed by atoms with van der Waals surface area (Å²) in [5.41, 5.74) is 2.16. The first-order valence-corrected chi connectivity index (χ1v) is 7.08. The van der Waals surface area contributed by atoms with Gasteiger partial charge < -0.3 is 14.6 Å². The van der Waals surface area contributed by atoms with E-state index in [-0.39, 0.29) is 6.10 Å². The van der Waals surface area contributed by atoms with Crippen LogP contribution in [0.1, 0.15) is 43.9 Å². The van der Waals surface area contributed by atoms with E-state index in [0.717, 1.165) is 37.2 Å². The lowest BCUT2D eigenvalue weighted by Gasteiger charge is -2.30. The number of methoxy groups -OCH3 is 1. The average Bonchev–Trinajstić information content (AvgIpc) is 2.41. The number of benzene rings is 1. The van der Waals surface area contributed by atoms with Crippen molar-refractivity contribution in [2.45, 2.75) is 45.3 Å². The first kappa shape index (κ1) is 14.4. The topological polar surface area (TPSA) is 38.7 Å². The Bertz CT molecular complexity index is 414. The average molecular weight is 264 g/mol. The molecule has 1 N–H and O–H groups in total. The summed E-state index contributed by atoms with van der Waals surface area (Å²) in [6.45, 7) is 5.08. The van der Waals surface area contributed by atoms with Gasteiger partial charge in [0.25, 0.3) is 0 Å². The highest BCUT2D eigenvalue weighted by Crippen LogP contribution is 2.34. The zero-order valence-electron chi connectivity index (χ0n) is 12.1. The molecule has 0 aliphatic heterocycles.